The van der Waals surface area contributed by atoms with Crippen molar-refractivity contribution in [3.63, 3.8) is 0 Å². The Morgan fingerprint density at radius 1 is 1.67 bits per heavy atom. The van der Waals surface area contributed by atoms with Crippen LogP contribution in [0, 0.1) is 5.92 Å². The smallest absolute Gasteiger partial charge is 0.167 e. The zero-order valence-corrected chi connectivity index (χ0v) is 6.82. The molecule has 1 aliphatic heterocycles. The Morgan fingerprint density at radius 2 is 2.58 bits per heavy atom. The van der Waals surface area contributed by atoms with Gasteiger partial charge in [0.25, 0.3) is 0 Å². The third kappa shape index (κ3) is 1.58. The molecule has 0 aliphatic carbocycles. The molecule has 0 spiro atoms. The minimum atomic E-state index is 0.462. The van der Waals surface area contributed by atoms with E-state index < -0.39 is 0 Å². The zero-order valence-electron chi connectivity index (χ0n) is 6.82. The van der Waals surface area contributed by atoms with Crippen LogP contribution in [0.15, 0.2) is 10.6 Å². The molecule has 2 rings (SSSR count). The van der Waals surface area contributed by atoms with Gasteiger partial charge in [0.1, 0.15) is 5.76 Å². The van der Waals surface area contributed by atoms with Gasteiger partial charge in [-0.15, -0.1) is 0 Å². The first-order valence-corrected chi connectivity index (χ1v) is 4.13. The second kappa shape index (κ2) is 3.15. The summed E-state index contributed by atoms with van der Waals surface area (Å²) < 4.78 is 10.2. The molecule has 1 aliphatic rings. The molecule has 66 valence electrons. The van der Waals surface area contributed by atoms with E-state index >= 15 is 0 Å². The summed E-state index contributed by atoms with van der Waals surface area (Å²) in [6.45, 7) is 1.70. The number of ether oxygens (including phenoxy) is 1. The van der Waals surface area contributed by atoms with Crippen molar-refractivity contribution in [1.29, 1.82) is 0 Å². The predicted molar refractivity (Wildman–Crippen MR) is 43.5 cm³/mol. The van der Waals surface area contributed by atoms with Crippen LogP contribution in [-0.2, 0) is 11.2 Å². The lowest BCUT2D eigenvalue weighted by Crippen LogP contribution is -2.02. The van der Waals surface area contributed by atoms with E-state index in [1.54, 1.807) is 6.07 Å². The van der Waals surface area contributed by atoms with Gasteiger partial charge in [-0.3, -0.25) is 0 Å². The van der Waals surface area contributed by atoms with Crippen molar-refractivity contribution in [1.82, 2.24) is 5.16 Å². The molecule has 0 bridgehead atoms. The number of hydrogen-bond donors (Lipinski definition) is 1. The van der Waals surface area contributed by atoms with Crippen molar-refractivity contribution in [3.05, 3.63) is 11.8 Å². The third-order valence-electron chi connectivity index (χ3n) is 2.09. The van der Waals surface area contributed by atoms with Crippen molar-refractivity contribution in [2.24, 2.45) is 5.92 Å². The van der Waals surface area contributed by atoms with Gasteiger partial charge in [-0.1, -0.05) is 5.16 Å². The number of anilines is 1. The van der Waals surface area contributed by atoms with Crippen LogP contribution in [0.2, 0.25) is 0 Å². The summed E-state index contributed by atoms with van der Waals surface area (Å²) >= 11 is 0. The van der Waals surface area contributed by atoms with Gasteiger partial charge >= 0.3 is 0 Å². The summed E-state index contributed by atoms with van der Waals surface area (Å²) in [7, 11) is 0. The highest BCUT2D eigenvalue weighted by Gasteiger charge is 2.17. The fraction of sp³-hybridized carbons (Fsp3) is 0.625. The summed E-state index contributed by atoms with van der Waals surface area (Å²) in [5.74, 6) is 1.91. The van der Waals surface area contributed by atoms with Crippen molar-refractivity contribution >= 4 is 5.82 Å². The second-order valence-electron chi connectivity index (χ2n) is 3.15. The van der Waals surface area contributed by atoms with E-state index in [4.69, 9.17) is 15.0 Å². The Labute approximate surface area is 70.7 Å². The minimum Gasteiger partial charge on any atom is -0.381 e. The van der Waals surface area contributed by atoms with Crippen LogP contribution in [-0.4, -0.2) is 18.4 Å². The molecule has 2 N–H and O–H groups in total. The Hall–Kier alpha value is -1.03. The summed E-state index contributed by atoms with van der Waals surface area (Å²) in [5.41, 5.74) is 5.42. The normalized spacial score (nSPS) is 23.2. The van der Waals surface area contributed by atoms with E-state index in [2.05, 4.69) is 5.16 Å². The van der Waals surface area contributed by atoms with Gasteiger partial charge in [0.2, 0.25) is 0 Å². The number of nitrogens with two attached hydrogens (primary N) is 1. The highest BCUT2D eigenvalue weighted by atomic mass is 16.5. The molecular weight excluding hydrogens is 156 g/mol. The Morgan fingerprint density at radius 3 is 3.17 bits per heavy atom. The lowest BCUT2D eigenvalue weighted by molar-refractivity contribution is 0.184. The van der Waals surface area contributed by atoms with Crippen molar-refractivity contribution in [2.75, 3.05) is 18.9 Å². The maximum absolute atomic E-state index is 5.42. The largest absolute Gasteiger partial charge is 0.381 e. The minimum absolute atomic E-state index is 0.462. The van der Waals surface area contributed by atoms with Crippen LogP contribution in [0.3, 0.4) is 0 Å². The quantitative estimate of drug-likeness (QED) is 0.710. The average molecular weight is 168 g/mol. The van der Waals surface area contributed by atoms with Crippen LogP contribution in [0.1, 0.15) is 12.2 Å². The lowest BCUT2D eigenvalue weighted by Gasteiger charge is -2.01. The summed E-state index contributed by atoms with van der Waals surface area (Å²) in [5, 5.41) is 3.62. The summed E-state index contributed by atoms with van der Waals surface area (Å²) in [6, 6.07) is 1.78. The molecule has 4 heteroatoms. The van der Waals surface area contributed by atoms with Crippen LogP contribution < -0.4 is 5.73 Å². The molecule has 1 aromatic heterocycles. The van der Waals surface area contributed by atoms with E-state index in [9.17, 15) is 0 Å². The molecule has 0 amide bonds. The highest BCUT2D eigenvalue weighted by molar-refractivity contribution is 5.26. The van der Waals surface area contributed by atoms with Gasteiger partial charge in [-0.2, -0.15) is 0 Å². The van der Waals surface area contributed by atoms with Gasteiger partial charge in [-0.25, -0.2) is 0 Å². The van der Waals surface area contributed by atoms with E-state index in [0.29, 0.717) is 11.7 Å². The first-order valence-electron chi connectivity index (χ1n) is 4.13. The first kappa shape index (κ1) is 7.61. The number of rotatable bonds is 2. The van der Waals surface area contributed by atoms with E-state index in [1.807, 2.05) is 0 Å². The highest BCUT2D eigenvalue weighted by Crippen LogP contribution is 2.18. The molecule has 0 radical (unpaired) electrons. The SMILES string of the molecule is Nc1cc(CC2CCOC2)on1. The molecule has 0 aromatic carbocycles. The number of aromatic nitrogens is 1. The molecule has 2 heterocycles. The molecule has 1 unspecified atom stereocenters. The van der Waals surface area contributed by atoms with Crippen molar-refractivity contribution in [3.8, 4) is 0 Å². The summed E-state index contributed by atoms with van der Waals surface area (Å²) in [6.07, 6.45) is 2.00. The fourth-order valence-corrected chi connectivity index (χ4v) is 1.45. The molecule has 12 heavy (non-hydrogen) atoms. The third-order valence-corrected chi connectivity index (χ3v) is 2.09. The van der Waals surface area contributed by atoms with Crippen LogP contribution in [0.4, 0.5) is 5.82 Å². The molecule has 1 atom stereocenters. The van der Waals surface area contributed by atoms with Gasteiger partial charge in [0.05, 0.1) is 0 Å². The molecule has 4 nitrogen and oxygen atoms in total. The van der Waals surface area contributed by atoms with Crippen molar-refractivity contribution < 1.29 is 9.26 Å². The molecule has 1 aromatic rings. The number of nitrogens with zero attached hydrogens (tertiary/aromatic N) is 1. The molecular formula is C8H12N2O2. The predicted octanol–water partition coefficient (Wildman–Crippen LogP) is 0.836. The summed E-state index contributed by atoms with van der Waals surface area (Å²) in [4.78, 5) is 0. The molecule has 0 saturated carbocycles. The maximum Gasteiger partial charge on any atom is 0.167 e. The Kier molecular flexibility index (Phi) is 1.99. The Balaban J connectivity index is 1.94. The molecule has 1 saturated heterocycles. The number of hydrogen-bond acceptors (Lipinski definition) is 4. The van der Waals surface area contributed by atoms with Gasteiger partial charge in [0, 0.05) is 25.7 Å². The second-order valence-corrected chi connectivity index (χ2v) is 3.15. The molecule has 1 fully saturated rings. The van der Waals surface area contributed by atoms with Crippen LogP contribution in [0.25, 0.3) is 0 Å². The van der Waals surface area contributed by atoms with Crippen LogP contribution in [0.5, 0.6) is 0 Å². The van der Waals surface area contributed by atoms with Gasteiger partial charge in [0.15, 0.2) is 5.82 Å². The first-order chi connectivity index (χ1) is 5.84. The average Bonchev–Trinajstić information content (AvgIpc) is 2.63. The van der Waals surface area contributed by atoms with Crippen molar-refractivity contribution in [2.45, 2.75) is 12.8 Å². The maximum atomic E-state index is 5.42. The van der Waals surface area contributed by atoms with E-state index in [0.717, 1.165) is 31.8 Å². The topological polar surface area (TPSA) is 61.3 Å². The lowest BCUT2D eigenvalue weighted by atomic mass is 10.0. The van der Waals surface area contributed by atoms with E-state index in [1.165, 1.54) is 0 Å². The fourth-order valence-electron chi connectivity index (χ4n) is 1.45. The van der Waals surface area contributed by atoms with Gasteiger partial charge < -0.3 is 15.0 Å². The zero-order chi connectivity index (χ0) is 8.39. The monoisotopic (exact) mass is 168 g/mol. The van der Waals surface area contributed by atoms with Gasteiger partial charge in [-0.05, 0) is 12.3 Å². The standard InChI is InChI=1S/C8H12N2O2/c9-8-4-7(12-10-8)3-6-1-2-11-5-6/h4,6H,1-3,5H2,(H2,9,10). The number of nitrogen functional groups attached to an aromatic ring is 1. The van der Waals surface area contributed by atoms with E-state index in [-0.39, 0.29) is 0 Å². The van der Waals surface area contributed by atoms with Crippen LogP contribution >= 0.6 is 0 Å². The Bertz CT molecular complexity index is 253.